The van der Waals surface area contributed by atoms with Gasteiger partial charge in [0.25, 0.3) is 0 Å². The maximum absolute atomic E-state index is 7.14. The summed E-state index contributed by atoms with van der Waals surface area (Å²) in [6, 6.07) is 96.2. The molecular formula is C67H48Si2. The van der Waals surface area contributed by atoms with E-state index in [1.165, 1.54) is 70.5 Å². The molecule has 0 spiro atoms. The van der Waals surface area contributed by atoms with Crippen LogP contribution in [0.4, 0.5) is 0 Å². The molecule has 1 unspecified atom stereocenters. The van der Waals surface area contributed by atoms with Crippen LogP contribution in [0.5, 0.6) is 0 Å². The van der Waals surface area contributed by atoms with E-state index in [2.05, 4.69) is 290 Å². The smallest absolute Gasteiger partial charge is 0.126 e. The van der Waals surface area contributed by atoms with Gasteiger partial charge in [0.15, 0.2) is 8.07 Å². The lowest BCUT2D eigenvalue weighted by molar-refractivity contribution is 1.56. The van der Waals surface area contributed by atoms with Gasteiger partial charge in [-0.05, 0) is 105 Å². The summed E-state index contributed by atoms with van der Waals surface area (Å²) in [5.41, 5.74) is 23.0. The zero-order valence-electron chi connectivity index (χ0n) is 38.5. The Labute approximate surface area is 409 Å². The van der Waals surface area contributed by atoms with Gasteiger partial charge in [-0.2, -0.15) is 0 Å². The summed E-state index contributed by atoms with van der Waals surface area (Å²) >= 11 is 0. The zero-order chi connectivity index (χ0) is 46.6. The molecule has 0 aromatic heterocycles. The second-order valence-corrected chi connectivity index (χ2v) is 24.6. The minimum Gasteiger partial charge on any atom is -0.126 e. The van der Waals surface area contributed by atoms with Crippen LogP contribution in [-0.2, 0) is 0 Å². The highest BCUT2D eigenvalue weighted by Gasteiger charge is 2.52. The Morgan fingerprint density at radius 1 is 0.304 bits per heavy atom. The predicted molar refractivity (Wildman–Crippen MR) is 298 cm³/mol. The van der Waals surface area contributed by atoms with E-state index in [-0.39, 0.29) is 0 Å². The largest absolute Gasteiger partial charge is 0.231 e. The highest BCUT2D eigenvalue weighted by molar-refractivity contribution is 7.26. The number of terminal acetylenes is 1. The fraction of sp³-hybridized carbons (Fsp3) is 0.0149. The third kappa shape index (κ3) is 7.63. The van der Waals surface area contributed by atoms with Crippen LogP contribution in [0.25, 0.3) is 43.1 Å². The van der Waals surface area contributed by atoms with Crippen LogP contribution in [0.1, 0.15) is 50.1 Å². The molecule has 0 saturated heterocycles. The maximum Gasteiger partial charge on any atom is 0.231 e. The molecular weight excluding hydrogens is 861 g/mol. The van der Waals surface area contributed by atoms with E-state index in [0.717, 1.165) is 27.8 Å². The number of allylic oxidation sites excluding steroid dienone is 4. The number of hydrogen-bond acceptors (Lipinski definition) is 0. The first-order valence-corrected chi connectivity index (χ1v) is 28.1. The van der Waals surface area contributed by atoms with Gasteiger partial charge in [0.2, 0.25) is 8.07 Å². The molecule has 2 aliphatic rings. The lowest BCUT2D eigenvalue weighted by atomic mass is 9.88. The van der Waals surface area contributed by atoms with E-state index < -0.39 is 16.1 Å². The molecule has 0 fully saturated rings. The quantitative estimate of drug-likeness (QED) is 0.1000. The Morgan fingerprint density at radius 2 is 0.594 bits per heavy atom. The molecule has 11 rings (SSSR count). The van der Waals surface area contributed by atoms with Crippen LogP contribution in [0.2, 0.25) is 6.55 Å². The summed E-state index contributed by atoms with van der Waals surface area (Å²) in [6.07, 6.45) is 7.14. The van der Waals surface area contributed by atoms with Crippen molar-refractivity contribution in [1.82, 2.24) is 0 Å². The molecule has 0 bridgehead atoms. The Morgan fingerprint density at radius 3 is 0.957 bits per heavy atom. The van der Waals surface area contributed by atoms with E-state index in [1.807, 2.05) is 0 Å². The minimum atomic E-state index is -3.21. The molecule has 0 amide bonds. The Kier molecular flexibility index (Phi) is 11.6. The monoisotopic (exact) mass is 908 g/mol. The summed E-state index contributed by atoms with van der Waals surface area (Å²) in [5, 5.41) is 6.30. The Bertz CT molecular complexity index is 3460. The molecule has 9 aromatic rings. The summed E-state index contributed by atoms with van der Waals surface area (Å²) < 4.78 is 0. The average Bonchev–Trinajstić information content (AvgIpc) is 3.90. The van der Waals surface area contributed by atoms with Gasteiger partial charge in [-0.1, -0.05) is 267 Å². The predicted octanol–water partition coefficient (Wildman–Crippen LogP) is 15.1. The second kappa shape index (κ2) is 18.6. The summed E-state index contributed by atoms with van der Waals surface area (Å²) in [4.78, 5) is 0. The number of benzene rings is 9. The maximum atomic E-state index is 7.14. The van der Waals surface area contributed by atoms with Gasteiger partial charge in [-0.15, -0.1) is 17.5 Å². The first kappa shape index (κ1) is 43.1. The fourth-order valence-corrected chi connectivity index (χ4v) is 19.3. The first-order chi connectivity index (χ1) is 34.1. The third-order valence-corrected chi connectivity index (χ3v) is 21.6. The second-order valence-electron chi connectivity index (χ2n) is 17.8. The summed E-state index contributed by atoms with van der Waals surface area (Å²) in [6.45, 7) is 2.47. The van der Waals surface area contributed by atoms with Crippen molar-refractivity contribution in [2.75, 3.05) is 0 Å². The lowest BCUT2D eigenvalue weighted by Crippen LogP contribution is -2.48. The molecule has 2 heteroatoms. The van der Waals surface area contributed by atoms with Crippen LogP contribution in [-0.4, -0.2) is 16.1 Å². The van der Waals surface area contributed by atoms with Gasteiger partial charge >= 0.3 is 0 Å². The van der Waals surface area contributed by atoms with Gasteiger partial charge in [0.05, 0.1) is 0 Å². The number of rotatable bonds is 9. The topological polar surface area (TPSA) is 0 Å². The van der Waals surface area contributed by atoms with Crippen LogP contribution < -0.4 is 5.19 Å². The van der Waals surface area contributed by atoms with Crippen molar-refractivity contribution in [2.45, 2.75) is 6.55 Å². The minimum absolute atomic E-state index is 0.962. The van der Waals surface area contributed by atoms with Crippen molar-refractivity contribution in [2.24, 2.45) is 0 Å². The van der Waals surface area contributed by atoms with Crippen molar-refractivity contribution < 1.29 is 0 Å². The summed E-state index contributed by atoms with van der Waals surface area (Å²) in [7, 11) is -6.16. The van der Waals surface area contributed by atoms with Crippen LogP contribution in [0.15, 0.2) is 267 Å². The number of hydrogen-bond donors (Lipinski definition) is 0. The molecule has 0 radical (unpaired) electrons. The van der Waals surface area contributed by atoms with Gasteiger partial charge in [-0.3, -0.25) is 0 Å². The van der Waals surface area contributed by atoms with Crippen molar-refractivity contribution >= 4 is 64.4 Å². The molecule has 0 aliphatic carbocycles. The average molecular weight is 909 g/mol. The standard InChI is InChI=1S/C67H48Si2/c1-3-69(59-45-26-11-27-46-59)66(56-40-22-9-23-41-56)62(53-34-16-6-17-35-53)63(67(69)57-42-24-10-25-43-57)58-44-28-29-50(49-58)47-48-68(2)64(54-36-18-7-19-37-54)60(51-30-12-4-13-31-51)61(52-32-14-5-15-33-52)65(68)55-38-20-8-21-39-55/h1,4-46,49H,2H3. The molecule has 9 aromatic carbocycles. The fourth-order valence-electron chi connectivity index (χ4n) is 10.9. The van der Waals surface area contributed by atoms with E-state index in [1.54, 1.807) is 0 Å². The SMILES string of the molecule is C#C[Si]1(c2ccccc2)C(c2ccccc2)=C(c2ccccc2)C(c2cccc(C#C[Si]3(C)C(c4ccccc4)=C(c4ccccc4)C(c4ccccc4)=C3c3ccccc3)c2)=C1c1ccccc1. The van der Waals surface area contributed by atoms with Gasteiger partial charge in [0, 0.05) is 5.56 Å². The van der Waals surface area contributed by atoms with Crippen molar-refractivity contribution in [1.29, 1.82) is 0 Å². The first-order valence-electron chi connectivity index (χ1n) is 23.6. The molecule has 0 N–H and O–H groups in total. The Hall–Kier alpha value is -8.51. The molecule has 0 nitrogen and oxygen atoms in total. The molecule has 69 heavy (non-hydrogen) atoms. The normalized spacial score (nSPS) is 16.3. The Balaban J connectivity index is 1.21. The molecule has 2 aliphatic heterocycles. The van der Waals surface area contributed by atoms with Gasteiger partial charge < -0.3 is 0 Å². The zero-order valence-corrected chi connectivity index (χ0v) is 40.5. The summed E-state index contributed by atoms with van der Waals surface area (Å²) in [5.74, 6) is 3.93. The van der Waals surface area contributed by atoms with Crippen molar-refractivity contribution in [3.63, 3.8) is 0 Å². The van der Waals surface area contributed by atoms with Crippen LogP contribution >= 0.6 is 0 Å². The molecule has 324 valence electrons. The van der Waals surface area contributed by atoms with E-state index in [0.29, 0.717) is 0 Å². The lowest BCUT2D eigenvalue weighted by Gasteiger charge is -2.30. The van der Waals surface area contributed by atoms with E-state index in [4.69, 9.17) is 6.42 Å². The van der Waals surface area contributed by atoms with Crippen molar-refractivity contribution in [3.8, 4) is 23.4 Å². The van der Waals surface area contributed by atoms with Gasteiger partial charge in [0.1, 0.15) is 0 Å². The van der Waals surface area contributed by atoms with Crippen molar-refractivity contribution in [3.05, 3.63) is 317 Å². The highest BCUT2D eigenvalue weighted by atomic mass is 28.3. The van der Waals surface area contributed by atoms with Crippen LogP contribution in [0.3, 0.4) is 0 Å². The van der Waals surface area contributed by atoms with Crippen LogP contribution in [0, 0.1) is 23.4 Å². The molecule has 0 saturated carbocycles. The molecule has 1 atom stereocenters. The van der Waals surface area contributed by atoms with E-state index >= 15 is 0 Å². The molecule has 2 heterocycles. The third-order valence-electron chi connectivity index (χ3n) is 13.7. The highest BCUT2D eigenvalue weighted by Crippen LogP contribution is 2.57. The van der Waals surface area contributed by atoms with E-state index in [9.17, 15) is 0 Å². The van der Waals surface area contributed by atoms with Gasteiger partial charge in [-0.25, -0.2) is 0 Å².